The Kier molecular flexibility index (Phi) is 13.6. The van der Waals surface area contributed by atoms with Crippen LogP contribution in [0.25, 0.3) is 0 Å². The average molecular weight is 560 g/mol. The van der Waals surface area contributed by atoms with Gasteiger partial charge in [0.05, 0.1) is 20.3 Å². The van der Waals surface area contributed by atoms with Gasteiger partial charge in [0, 0.05) is 0 Å². The number of hydrogen-bond donors (Lipinski definition) is 4. The van der Waals surface area contributed by atoms with E-state index in [1.165, 1.54) is 20.1 Å². The van der Waals surface area contributed by atoms with Crippen molar-refractivity contribution < 1.29 is 38.5 Å². The number of phenolic OH excluding ortho intramolecular Hbond substituents is 1. The Balaban J connectivity index is 3.15. The lowest BCUT2D eigenvalue weighted by atomic mass is 9.95. The van der Waals surface area contributed by atoms with Crippen LogP contribution in [-0.2, 0) is 41.4 Å². The van der Waals surface area contributed by atoms with Crippen molar-refractivity contribution in [3.05, 3.63) is 66.8 Å². The standard InChI is InChI=1S/C29H41N3O8/c1-9-12-19-15-21(16-20(13-10-2)24(19)33)23(27(36)38-8)32-25(34)18(4)30-26(35)22(17-39-14-11-3)31-28(37)40-29(5,6)7/h9-11,15-16,18,22-23,33H,1-3,12-14,17H2,4-8H3,(H,30,35)(H,31,37)(H,32,34)/t18-,22+,23?/m1/s1. The zero-order chi connectivity index (χ0) is 30.5. The van der Waals surface area contributed by atoms with Crippen LogP contribution in [-0.4, -0.2) is 67.0 Å². The maximum Gasteiger partial charge on any atom is 0.408 e. The summed E-state index contributed by atoms with van der Waals surface area (Å²) in [6.07, 6.45) is 4.47. The van der Waals surface area contributed by atoms with Crippen LogP contribution in [0.3, 0.4) is 0 Å². The topological polar surface area (TPSA) is 152 Å². The summed E-state index contributed by atoms with van der Waals surface area (Å²) in [5.74, 6) is -2.12. The molecule has 0 aliphatic carbocycles. The Labute approximate surface area is 235 Å². The van der Waals surface area contributed by atoms with Crippen molar-refractivity contribution in [3.8, 4) is 5.75 Å². The number of alkyl carbamates (subject to hydrolysis) is 1. The Bertz CT molecular complexity index is 1060. The highest BCUT2D eigenvalue weighted by molar-refractivity contribution is 5.93. The molecular weight excluding hydrogens is 518 g/mol. The van der Waals surface area contributed by atoms with E-state index in [2.05, 4.69) is 35.7 Å². The molecule has 4 N–H and O–H groups in total. The zero-order valence-electron chi connectivity index (χ0n) is 23.9. The number of hydrogen-bond acceptors (Lipinski definition) is 8. The van der Waals surface area contributed by atoms with E-state index >= 15 is 0 Å². The van der Waals surface area contributed by atoms with Gasteiger partial charge in [-0.2, -0.15) is 0 Å². The van der Waals surface area contributed by atoms with E-state index < -0.39 is 47.6 Å². The van der Waals surface area contributed by atoms with Crippen molar-refractivity contribution in [2.45, 2.75) is 64.3 Å². The largest absolute Gasteiger partial charge is 0.507 e. The molecule has 0 fully saturated rings. The van der Waals surface area contributed by atoms with Gasteiger partial charge in [-0.3, -0.25) is 9.59 Å². The molecule has 40 heavy (non-hydrogen) atoms. The quantitative estimate of drug-likeness (QED) is 0.145. The number of amides is 3. The first-order chi connectivity index (χ1) is 18.8. The van der Waals surface area contributed by atoms with Crippen LogP contribution in [0.4, 0.5) is 4.79 Å². The predicted octanol–water partition coefficient (Wildman–Crippen LogP) is 2.78. The Morgan fingerprint density at radius 3 is 2.00 bits per heavy atom. The van der Waals surface area contributed by atoms with E-state index in [0.29, 0.717) is 29.5 Å². The summed E-state index contributed by atoms with van der Waals surface area (Å²) in [5, 5.41) is 18.1. The van der Waals surface area contributed by atoms with Crippen LogP contribution in [0.1, 0.15) is 50.4 Å². The monoisotopic (exact) mass is 559 g/mol. The summed E-state index contributed by atoms with van der Waals surface area (Å²) in [6.45, 7) is 17.3. The molecule has 0 aliphatic heterocycles. The van der Waals surface area contributed by atoms with Gasteiger partial charge in [0.15, 0.2) is 6.04 Å². The lowest BCUT2D eigenvalue weighted by Gasteiger charge is -2.25. The summed E-state index contributed by atoms with van der Waals surface area (Å²) in [5.41, 5.74) is 0.579. The van der Waals surface area contributed by atoms with Crippen molar-refractivity contribution in [2.75, 3.05) is 20.3 Å². The first-order valence-corrected chi connectivity index (χ1v) is 12.7. The summed E-state index contributed by atoms with van der Waals surface area (Å²) < 4.78 is 15.5. The van der Waals surface area contributed by atoms with Crippen LogP contribution in [0.2, 0.25) is 0 Å². The molecule has 0 heterocycles. The molecule has 220 valence electrons. The molecule has 0 saturated carbocycles. The van der Waals surface area contributed by atoms with Gasteiger partial charge in [-0.1, -0.05) is 18.2 Å². The third-order valence-corrected chi connectivity index (χ3v) is 5.36. The number of methoxy groups -OCH3 is 1. The van der Waals surface area contributed by atoms with Gasteiger partial charge < -0.3 is 35.3 Å². The lowest BCUT2D eigenvalue weighted by Crippen LogP contribution is -2.55. The number of nitrogens with one attached hydrogen (secondary N) is 3. The van der Waals surface area contributed by atoms with E-state index in [4.69, 9.17) is 14.2 Å². The molecule has 11 nitrogen and oxygen atoms in total. The number of esters is 1. The number of phenols is 1. The second kappa shape index (κ2) is 16.1. The summed E-state index contributed by atoms with van der Waals surface area (Å²) in [7, 11) is 1.18. The van der Waals surface area contributed by atoms with E-state index in [1.807, 2.05) is 0 Å². The maximum absolute atomic E-state index is 13.1. The maximum atomic E-state index is 13.1. The molecule has 0 aromatic heterocycles. The van der Waals surface area contributed by atoms with E-state index in [-0.39, 0.29) is 19.0 Å². The minimum absolute atomic E-state index is 0.0429. The highest BCUT2D eigenvalue weighted by Crippen LogP contribution is 2.29. The minimum Gasteiger partial charge on any atom is -0.507 e. The number of rotatable bonds is 15. The normalized spacial score (nSPS) is 13.1. The second-order valence-electron chi connectivity index (χ2n) is 9.89. The number of carbonyl (C=O) groups is 4. The molecule has 1 aromatic carbocycles. The Morgan fingerprint density at radius 2 is 1.52 bits per heavy atom. The third kappa shape index (κ3) is 10.9. The molecule has 0 aliphatic rings. The Hall–Kier alpha value is -4.12. The number of benzene rings is 1. The molecule has 0 radical (unpaired) electrons. The zero-order valence-corrected chi connectivity index (χ0v) is 23.9. The first kappa shape index (κ1) is 33.9. The van der Waals surface area contributed by atoms with Crippen LogP contribution < -0.4 is 16.0 Å². The van der Waals surface area contributed by atoms with Gasteiger partial charge in [-0.05, 0) is 69.4 Å². The average Bonchev–Trinajstić information content (AvgIpc) is 2.87. The number of aromatic hydroxyl groups is 1. The lowest BCUT2D eigenvalue weighted by molar-refractivity contribution is -0.145. The Morgan fingerprint density at radius 1 is 0.950 bits per heavy atom. The van der Waals surface area contributed by atoms with Crippen molar-refractivity contribution in [3.63, 3.8) is 0 Å². The van der Waals surface area contributed by atoms with E-state index in [0.717, 1.165) is 0 Å². The highest BCUT2D eigenvalue weighted by Gasteiger charge is 2.30. The number of ether oxygens (including phenoxy) is 3. The van der Waals surface area contributed by atoms with Gasteiger partial charge in [0.1, 0.15) is 23.4 Å². The minimum atomic E-state index is -1.24. The van der Waals surface area contributed by atoms with E-state index in [1.54, 1.807) is 45.1 Å². The van der Waals surface area contributed by atoms with Gasteiger partial charge in [-0.15, -0.1) is 19.7 Å². The van der Waals surface area contributed by atoms with Crippen LogP contribution in [0, 0.1) is 0 Å². The second-order valence-corrected chi connectivity index (χ2v) is 9.89. The third-order valence-electron chi connectivity index (χ3n) is 5.36. The van der Waals surface area contributed by atoms with Gasteiger partial charge >= 0.3 is 12.1 Å². The first-order valence-electron chi connectivity index (χ1n) is 12.7. The van der Waals surface area contributed by atoms with Crippen LogP contribution >= 0.6 is 0 Å². The molecule has 0 bridgehead atoms. The smallest absolute Gasteiger partial charge is 0.408 e. The predicted molar refractivity (Wildman–Crippen MR) is 151 cm³/mol. The summed E-state index contributed by atoms with van der Waals surface area (Å²) in [6, 6.07) is -0.393. The highest BCUT2D eigenvalue weighted by atomic mass is 16.6. The van der Waals surface area contributed by atoms with Crippen LogP contribution in [0.5, 0.6) is 5.75 Å². The van der Waals surface area contributed by atoms with Crippen molar-refractivity contribution in [1.82, 2.24) is 16.0 Å². The summed E-state index contributed by atoms with van der Waals surface area (Å²) >= 11 is 0. The molecule has 0 spiro atoms. The molecular formula is C29H41N3O8. The van der Waals surface area contributed by atoms with Crippen LogP contribution in [0.15, 0.2) is 50.1 Å². The van der Waals surface area contributed by atoms with Gasteiger partial charge in [0.2, 0.25) is 11.8 Å². The molecule has 1 unspecified atom stereocenters. The summed E-state index contributed by atoms with van der Waals surface area (Å²) in [4.78, 5) is 51.0. The van der Waals surface area contributed by atoms with Crippen molar-refractivity contribution in [1.29, 1.82) is 0 Å². The molecule has 1 rings (SSSR count). The number of allylic oxidation sites excluding steroid dienone is 2. The van der Waals surface area contributed by atoms with Crippen molar-refractivity contribution >= 4 is 23.9 Å². The molecule has 11 heteroatoms. The number of carbonyl (C=O) groups excluding carboxylic acids is 4. The van der Waals surface area contributed by atoms with Gasteiger partial charge in [-0.25, -0.2) is 9.59 Å². The van der Waals surface area contributed by atoms with E-state index in [9.17, 15) is 24.3 Å². The molecule has 0 saturated heterocycles. The SMILES string of the molecule is C=CCOC[C@H](NC(=O)OC(C)(C)C)C(=O)N[C@H](C)C(=O)NC(C(=O)OC)c1cc(CC=C)c(O)c(CC=C)c1. The molecule has 1 aromatic rings. The fraction of sp³-hybridized carbons (Fsp3) is 0.448. The molecule has 3 atom stereocenters. The molecule has 3 amide bonds. The van der Waals surface area contributed by atoms with Crippen molar-refractivity contribution in [2.24, 2.45) is 0 Å². The fourth-order valence-corrected chi connectivity index (χ4v) is 3.52. The van der Waals surface area contributed by atoms with Gasteiger partial charge in [0.25, 0.3) is 0 Å². The fourth-order valence-electron chi connectivity index (χ4n) is 3.52.